The van der Waals surface area contributed by atoms with Crippen LogP contribution in [0.5, 0.6) is 0 Å². The number of aryl methyl sites for hydroxylation is 1. The van der Waals surface area contributed by atoms with E-state index in [0.29, 0.717) is 11.6 Å². The van der Waals surface area contributed by atoms with E-state index in [1.54, 1.807) is 6.07 Å². The van der Waals surface area contributed by atoms with Crippen molar-refractivity contribution < 1.29 is 8.91 Å². The lowest BCUT2D eigenvalue weighted by atomic mass is 10.3. The van der Waals surface area contributed by atoms with Crippen LogP contribution in [0.1, 0.15) is 20.3 Å². The van der Waals surface area contributed by atoms with E-state index in [-0.39, 0.29) is 5.69 Å². The molecule has 2 rings (SSSR count). The predicted octanol–water partition coefficient (Wildman–Crippen LogP) is 0.678. The zero-order valence-electron chi connectivity index (χ0n) is 12.5. The fourth-order valence-electron chi connectivity index (χ4n) is 1.24. The second kappa shape index (κ2) is 5.17. The fourth-order valence-corrected chi connectivity index (χ4v) is 1.24. The van der Waals surface area contributed by atoms with Gasteiger partial charge in [-0.3, -0.25) is 4.79 Å². The van der Waals surface area contributed by atoms with Crippen LogP contribution in [0.4, 0.5) is 11.6 Å². The highest BCUT2D eigenvalue weighted by Gasteiger charge is 2.05. The van der Waals surface area contributed by atoms with Crippen LogP contribution in [0.2, 0.25) is 0 Å². The van der Waals surface area contributed by atoms with Crippen molar-refractivity contribution in [2.75, 3.05) is 12.3 Å². The Morgan fingerprint density at radius 3 is 2.83 bits per heavy atom. The summed E-state index contributed by atoms with van der Waals surface area (Å²) in [6.07, 6.45) is 1.41. The van der Waals surface area contributed by atoms with Crippen molar-refractivity contribution in [1.29, 1.82) is 0 Å². The maximum absolute atomic E-state index is 11.6. The largest absolute Gasteiger partial charge is 0.354 e. The molecule has 2 aromatic heterocycles. The molecule has 2 heterocycles. The number of amides is 1. The van der Waals surface area contributed by atoms with Crippen LogP contribution >= 0.6 is 0 Å². The molecule has 0 saturated carbocycles. The van der Waals surface area contributed by atoms with Crippen molar-refractivity contribution in [3.05, 3.63) is 35.9 Å². The molecule has 18 heavy (non-hydrogen) atoms. The predicted molar refractivity (Wildman–Crippen MR) is 65.5 cm³/mol. The minimum absolute atomic E-state index is 0.0875. The molecule has 0 fully saturated rings. The summed E-state index contributed by atoms with van der Waals surface area (Å²) in [6, 6.07) is 4.58. The lowest BCUT2D eigenvalue weighted by Crippen LogP contribution is -2.19. The molecular formula is C11H12N6O. The maximum atomic E-state index is 11.6. The van der Waals surface area contributed by atoms with Gasteiger partial charge in [-0.05, 0) is 19.1 Å². The van der Waals surface area contributed by atoms with E-state index in [1.807, 2.05) is 12.2 Å². The van der Waals surface area contributed by atoms with Gasteiger partial charge in [0.15, 0.2) is 11.5 Å². The van der Waals surface area contributed by atoms with E-state index in [1.165, 1.54) is 18.5 Å². The molecule has 2 N–H and O–H groups in total. The number of carbonyl (C=O) groups excluding carboxylic acids is 1. The summed E-state index contributed by atoms with van der Waals surface area (Å²) in [5, 5.41) is 12.2. The zero-order valence-corrected chi connectivity index (χ0v) is 9.51. The summed E-state index contributed by atoms with van der Waals surface area (Å²) in [4.78, 5) is 19.5. The Hall–Kier alpha value is -2.57. The molecule has 2 aromatic rings. The Bertz CT molecular complexity index is 643. The van der Waals surface area contributed by atoms with Gasteiger partial charge in [0, 0.05) is 22.8 Å². The van der Waals surface area contributed by atoms with Gasteiger partial charge < -0.3 is 10.6 Å². The van der Waals surface area contributed by atoms with Crippen LogP contribution < -0.4 is 10.6 Å². The second-order valence-corrected chi connectivity index (χ2v) is 3.43. The van der Waals surface area contributed by atoms with Crippen LogP contribution in [-0.2, 0) is 0 Å². The van der Waals surface area contributed by atoms with Crippen LogP contribution in [0.25, 0.3) is 0 Å². The molecule has 0 radical (unpaired) electrons. The molecule has 0 unspecified atom stereocenters. The van der Waals surface area contributed by atoms with Gasteiger partial charge in [-0.25, -0.2) is 9.97 Å². The molecule has 92 valence electrons. The number of anilines is 2. The Morgan fingerprint density at radius 1 is 1.28 bits per heavy atom. The Balaban J connectivity index is 2.07. The lowest BCUT2D eigenvalue weighted by Gasteiger charge is -2.04. The van der Waals surface area contributed by atoms with Gasteiger partial charge in [0.05, 0.1) is 0 Å². The number of hydrogen-bond acceptors (Lipinski definition) is 6. The van der Waals surface area contributed by atoms with Gasteiger partial charge in [0.25, 0.3) is 5.91 Å². The van der Waals surface area contributed by atoms with Crippen molar-refractivity contribution in [2.45, 2.75) is 6.92 Å². The maximum Gasteiger partial charge on any atom is 0.271 e. The molecule has 0 bridgehead atoms. The van der Waals surface area contributed by atoms with Crippen molar-refractivity contribution in [1.82, 2.24) is 25.5 Å². The first kappa shape index (κ1) is 8.51. The van der Waals surface area contributed by atoms with E-state index in [0.717, 1.165) is 5.69 Å². The van der Waals surface area contributed by atoms with Gasteiger partial charge >= 0.3 is 0 Å². The van der Waals surface area contributed by atoms with Gasteiger partial charge in [-0.15, -0.1) is 10.2 Å². The molecule has 0 aliphatic carbocycles. The Morgan fingerprint density at radius 2 is 2.17 bits per heavy atom. The SMILES string of the molecule is [2H]C([2H])([2H])NC(=O)c1ccc(Nc2cc(C)ncn2)nn1. The topological polar surface area (TPSA) is 92.7 Å². The van der Waals surface area contributed by atoms with Gasteiger partial charge in [0.1, 0.15) is 12.1 Å². The summed E-state index contributed by atoms with van der Waals surface area (Å²) < 4.78 is 20.8. The molecule has 0 aromatic carbocycles. The Labute approximate surface area is 108 Å². The third-order valence-corrected chi connectivity index (χ3v) is 2.07. The van der Waals surface area contributed by atoms with E-state index in [4.69, 9.17) is 4.11 Å². The molecule has 0 aliphatic rings. The lowest BCUT2D eigenvalue weighted by molar-refractivity contribution is 0.0957. The smallest absolute Gasteiger partial charge is 0.271 e. The van der Waals surface area contributed by atoms with Crippen molar-refractivity contribution in [3.63, 3.8) is 0 Å². The number of nitrogens with zero attached hydrogens (tertiary/aromatic N) is 4. The summed E-state index contributed by atoms with van der Waals surface area (Å²) in [7, 11) is 0. The molecular weight excluding hydrogens is 232 g/mol. The third kappa shape index (κ3) is 2.76. The Kier molecular flexibility index (Phi) is 2.45. The molecule has 0 spiro atoms. The normalized spacial score (nSPS) is 13.1. The molecule has 0 atom stereocenters. The number of hydrogen-bond donors (Lipinski definition) is 2. The van der Waals surface area contributed by atoms with Gasteiger partial charge in [-0.1, -0.05) is 0 Å². The van der Waals surface area contributed by atoms with Gasteiger partial charge in [-0.2, -0.15) is 0 Å². The fraction of sp³-hybridized carbons (Fsp3) is 0.182. The second-order valence-electron chi connectivity index (χ2n) is 3.43. The van der Waals surface area contributed by atoms with E-state index < -0.39 is 12.9 Å². The molecule has 0 saturated heterocycles. The molecule has 7 nitrogen and oxygen atoms in total. The molecule has 1 amide bonds. The first-order valence-electron chi connectivity index (χ1n) is 6.55. The van der Waals surface area contributed by atoms with E-state index in [9.17, 15) is 4.79 Å². The molecule has 7 heteroatoms. The van der Waals surface area contributed by atoms with Crippen LogP contribution in [0.15, 0.2) is 24.5 Å². The highest BCUT2D eigenvalue weighted by Crippen LogP contribution is 2.10. The standard InChI is InChI=1S/C11H12N6O/c1-7-5-10(14-6-13-7)15-9-4-3-8(16-17-9)11(18)12-2/h3-6H,1-2H3,(H,12,18)(H,13,14,15,17)/i2D3. The van der Waals surface area contributed by atoms with Crippen LogP contribution in [0, 0.1) is 6.92 Å². The molecule has 0 aliphatic heterocycles. The van der Waals surface area contributed by atoms with Crippen LogP contribution in [-0.4, -0.2) is 33.0 Å². The minimum Gasteiger partial charge on any atom is -0.354 e. The van der Waals surface area contributed by atoms with E-state index >= 15 is 0 Å². The number of aromatic nitrogens is 4. The number of nitrogens with one attached hydrogen (secondary N) is 2. The third-order valence-electron chi connectivity index (χ3n) is 2.07. The average molecular weight is 247 g/mol. The quantitative estimate of drug-likeness (QED) is 0.828. The average Bonchev–Trinajstić information content (AvgIpc) is 2.37. The summed E-state index contributed by atoms with van der Waals surface area (Å²) in [6.45, 7) is -0.741. The first-order valence-corrected chi connectivity index (χ1v) is 5.05. The zero-order chi connectivity index (χ0) is 15.5. The monoisotopic (exact) mass is 247 g/mol. The summed E-state index contributed by atoms with van der Waals surface area (Å²) in [5.74, 6) is 0.0990. The number of rotatable bonds is 3. The van der Waals surface area contributed by atoms with Crippen molar-refractivity contribution in [3.8, 4) is 0 Å². The van der Waals surface area contributed by atoms with E-state index in [2.05, 4.69) is 25.5 Å². The minimum atomic E-state index is -2.56. The first-order chi connectivity index (χ1) is 9.83. The number of carbonyl (C=O) groups is 1. The highest BCUT2D eigenvalue weighted by atomic mass is 16.1. The summed E-state index contributed by atoms with van der Waals surface area (Å²) >= 11 is 0. The highest BCUT2D eigenvalue weighted by molar-refractivity contribution is 5.91. The van der Waals surface area contributed by atoms with Crippen molar-refractivity contribution in [2.24, 2.45) is 0 Å². The van der Waals surface area contributed by atoms with Crippen molar-refractivity contribution >= 4 is 17.5 Å². The summed E-state index contributed by atoms with van der Waals surface area (Å²) in [5.41, 5.74) is 0.699. The van der Waals surface area contributed by atoms with Crippen LogP contribution in [0.3, 0.4) is 0 Å². The van der Waals surface area contributed by atoms with Gasteiger partial charge in [0.2, 0.25) is 0 Å².